The Hall–Kier alpha value is -0.580. The quantitative estimate of drug-likeness (QED) is 0.373. The van der Waals surface area contributed by atoms with Crippen molar-refractivity contribution in [2.24, 2.45) is 5.73 Å². The summed E-state index contributed by atoms with van der Waals surface area (Å²) in [5, 5.41) is 1.42. The van der Waals surface area contributed by atoms with E-state index in [-0.39, 0.29) is 13.6 Å². The topological polar surface area (TPSA) is 75.4 Å². The molecule has 2 aliphatic rings. The minimum absolute atomic E-state index is 0.118. The van der Waals surface area contributed by atoms with Gasteiger partial charge < -0.3 is 10.6 Å². The van der Waals surface area contributed by atoms with Gasteiger partial charge in [0.1, 0.15) is 8.54 Å². The largest absolute Gasteiger partial charge is 0.387 e. The number of aryl methyl sites for hydroxylation is 1. The predicted octanol–water partition coefficient (Wildman–Crippen LogP) is 4.04. The normalized spacial score (nSPS) is 24.0. The van der Waals surface area contributed by atoms with Crippen molar-refractivity contribution in [2.75, 3.05) is 4.72 Å². The van der Waals surface area contributed by atoms with Crippen LogP contribution in [0.2, 0.25) is 0 Å². The number of nitrogens with zero attached hydrogens (tertiary/aromatic N) is 1. The molecular formula is C15H17ClIN3O2S2. The Morgan fingerprint density at radius 1 is 1.50 bits per heavy atom. The fourth-order valence-electron chi connectivity index (χ4n) is 2.95. The van der Waals surface area contributed by atoms with Crippen molar-refractivity contribution < 1.29 is 8.42 Å². The average Bonchev–Trinajstić information content (AvgIpc) is 3.05. The first-order chi connectivity index (χ1) is 11.3. The number of thioether (sulfide) groups is 1. The number of rotatable bonds is 4. The number of alkyl halides is 1. The standard InChI is InChI=1S/C15H17ClIN3O2S2/c1-9-2-3-10-8-11(4-5-12(9)10)19-24(21,22)14(13(16)18)20-6-7-23-15(20)17/h4-9,15,19H,2-3,18H2,1H3/b14-13+. The van der Waals surface area contributed by atoms with Gasteiger partial charge in [0.15, 0.2) is 5.03 Å². The number of fused-ring (bicyclic) bond motifs is 1. The van der Waals surface area contributed by atoms with Crippen molar-refractivity contribution in [1.29, 1.82) is 0 Å². The number of hydrogen-bond acceptors (Lipinski definition) is 5. The lowest BCUT2D eigenvalue weighted by Crippen LogP contribution is -2.30. The lowest BCUT2D eigenvalue weighted by Gasteiger charge is -2.24. The molecule has 1 aromatic rings. The van der Waals surface area contributed by atoms with E-state index in [1.54, 1.807) is 17.2 Å². The summed E-state index contributed by atoms with van der Waals surface area (Å²) in [4.78, 5) is 1.55. The summed E-state index contributed by atoms with van der Waals surface area (Å²) in [7, 11) is -3.89. The Kier molecular flexibility index (Phi) is 5.29. The third kappa shape index (κ3) is 3.51. The van der Waals surface area contributed by atoms with Crippen LogP contribution in [0, 0.1) is 0 Å². The van der Waals surface area contributed by atoms with Crippen LogP contribution in [-0.4, -0.2) is 16.7 Å². The summed E-state index contributed by atoms with van der Waals surface area (Å²) < 4.78 is 28.1. The highest BCUT2D eigenvalue weighted by Gasteiger charge is 2.32. The summed E-state index contributed by atoms with van der Waals surface area (Å²) >= 11 is 9.51. The molecule has 5 nitrogen and oxygen atoms in total. The van der Waals surface area contributed by atoms with Crippen LogP contribution in [-0.2, 0) is 16.4 Å². The molecule has 0 radical (unpaired) electrons. The zero-order valence-electron chi connectivity index (χ0n) is 12.9. The SMILES string of the molecule is CC1CCc2cc(NS(=O)(=O)/C(=C(/N)Cl)N3C=CSC3I)ccc21. The molecule has 2 atom stereocenters. The van der Waals surface area contributed by atoms with E-state index in [2.05, 4.69) is 34.2 Å². The molecule has 1 aromatic carbocycles. The van der Waals surface area contributed by atoms with Crippen LogP contribution >= 0.6 is 46.0 Å². The molecule has 2 unspecified atom stereocenters. The minimum atomic E-state index is -3.89. The Morgan fingerprint density at radius 2 is 2.25 bits per heavy atom. The number of anilines is 1. The molecule has 3 N–H and O–H groups in total. The van der Waals surface area contributed by atoms with Crippen LogP contribution in [0.15, 0.2) is 40.0 Å². The monoisotopic (exact) mass is 497 g/mol. The molecule has 1 aliphatic heterocycles. The highest BCUT2D eigenvalue weighted by atomic mass is 127. The van der Waals surface area contributed by atoms with Gasteiger partial charge in [-0.05, 0) is 70.0 Å². The highest BCUT2D eigenvalue weighted by molar-refractivity contribution is 14.1. The van der Waals surface area contributed by atoms with Crippen LogP contribution in [0.4, 0.5) is 5.69 Å². The number of hydrogen-bond donors (Lipinski definition) is 2. The van der Waals surface area contributed by atoms with E-state index in [1.165, 1.54) is 22.9 Å². The molecule has 0 bridgehead atoms. The van der Waals surface area contributed by atoms with Gasteiger partial charge in [-0.15, -0.1) is 0 Å². The van der Waals surface area contributed by atoms with E-state index in [1.807, 2.05) is 17.5 Å². The van der Waals surface area contributed by atoms with Crippen LogP contribution in [0.25, 0.3) is 0 Å². The van der Waals surface area contributed by atoms with Crippen molar-refractivity contribution in [1.82, 2.24) is 4.90 Å². The van der Waals surface area contributed by atoms with Crippen molar-refractivity contribution in [3.8, 4) is 0 Å². The third-order valence-corrected chi connectivity index (χ3v) is 8.04. The van der Waals surface area contributed by atoms with Gasteiger partial charge >= 0.3 is 0 Å². The molecule has 0 saturated carbocycles. The molecule has 0 saturated heterocycles. The highest BCUT2D eigenvalue weighted by Crippen LogP contribution is 2.37. The first kappa shape index (κ1) is 18.2. The lowest BCUT2D eigenvalue weighted by molar-refractivity contribution is 0.544. The van der Waals surface area contributed by atoms with Crippen LogP contribution < -0.4 is 10.5 Å². The number of halogens is 2. The Bertz CT molecular complexity index is 822. The first-order valence-electron chi connectivity index (χ1n) is 7.35. The van der Waals surface area contributed by atoms with Crippen LogP contribution in [0.5, 0.6) is 0 Å². The molecule has 0 fully saturated rings. The fraction of sp³-hybridized carbons (Fsp3) is 0.333. The number of sulfonamides is 1. The first-order valence-corrected chi connectivity index (χ1v) is 11.4. The van der Waals surface area contributed by atoms with Crippen LogP contribution in [0.1, 0.15) is 30.4 Å². The Morgan fingerprint density at radius 3 is 2.88 bits per heavy atom. The second-order valence-electron chi connectivity index (χ2n) is 5.73. The molecule has 0 amide bonds. The maximum Gasteiger partial charge on any atom is 0.280 e. The Balaban J connectivity index is 1.90. The molecule has 24 heavy (non-hydrogen) atoms. The van der Waals surface area contributed by atoms with Gasteiger partial charge in [0.05, 0.1) is 0 Å². The van der Waals surface area contributed by atoms with Crippen molar-refractivity contribution >= 4 is 61.7 Å². The molecular weight excluding hydrogens is 481 g/mol. The van der Waals surface area contributed by atoms with Crippen molar-refractivity contribution in [2.45, 2.75) is 29.1 Å². The average molecular weight is 498 g/mol. The van der Waals surface area contributed by atoms with Gasteiger partial charge in [-0.1, -0.05) is 36.4 Å². The smallest absolute Gasteiger partial charge is 0.280 e. The minimum Gasteiger partial charge on any atom is -0.387 e. The van der Waals surface area contributed by atoms with Crippen LogP contribution in [0.3, 0.4) is 0 Å². The lowest BCUT2D eigenvalue weighted by atomic mass is 10.0. The number of nitrogens with one attached hydrogen (secondary N) is 1. The molecule has 0 aromatic heterocycles. The van der Waals surface area contributed by atoms with E-state index < -0.39 is 10.0 Å². The van der Waals surface area contributed by atoms with E-state index >= 15 is 0 Å². The maximum absolute atomic E-state index is 12.8. The zero-order chi connectivity index (χ0) is 17.5. The van der Waals surface area contributed by atoms with E-state index in [0.29, 0.717) is 11.6 Å². The Labute approximate surface area is 164 Å². The molecule has 9 heteroatoms. The number of benzene rings is 1. The predicted molar refractivity (Wildman–Crippen MR) is 109 cm³/mol. The van der Waals surface area contributed by atoms with Gasteiger partial charge in [0.25, 0.3) is 10.0 Å². The molecule has 1 heterocycles. The summed E-state index contributed by atoms with van der Waals surface area (Å²) in [6.45, 7) is 2.18. The molecule has 0 spiro atoms. The molecule has 3 rings (SSSR count). The zero-order valence-corrected chi connectivity index (χ0v) is 17.4. The molecule has 130 valence electrons. The van der Waals surface area contributed by atoms with E-state index in [4.69, 9.17) is 17.3 Å². The van der Waals surface area contributed by atoms with E-state index in [0.717, 1.165) is 12.8 Å². The van der Waals surface area contributed by atoms with Gasteiger partial charge in [-0.25, -0.2) is 0 Å². The summed E-state index contributed by atoms with van der Waals surface area (Å²) in [5.74, 6) is 0.520. The number of nitrogens with two attached hydrogens (primary N) is 1. The maximum atomic E-state index is 12.8. The molecule has 1 aliphatic carbocycles. The van der Waals surface area contributed by atoms with Gasteiger partial charge in [-0.2, -0.15) is 8.42 Å². The van der Waals surface area contributed by atoms with Gasteiger partial charge in [-0.3, -0.25) is 4.72 Å². The van der Waals surface area contributed by atoms with E-state index in [9.17, 15) is 8.42 Å². The fourth-order valence-corrected chi connectivity index (χ4v) is 6.45. The second-order valence-corrected chi connectivity index (χ2v) is 10.8. The third-order valence-electron chi connectivity index (χ3n) is 4.10. The van der Waals surface area contributed by atoms with Crippen molar-refractivity contribution in [3.63, 3.8) is 0 Å². The van der Waals surface area contributed by atoms with Gasteiger partial charge in [0.2, 0.25) is 0 Å². The van der Waals surface area contributed by atoms with Crippen molar-refractivity contribution in [3.05, 3.63) is 51.1 Å². The second kappa shape index (κ2) is 6.97. The summed E-state index contributed by atoms with van der Waals surface area (Å²) in [6, 6.07) is 5.68. The summed E-state index contributed by atoms with van der Waals surface area (Å²) in [5.41, 5.74) is 8.67. The summed E-state index contributed by atoms with van der Waals surface area (Å²) in [6.07, 6.45) is 3.72. The van der Waals surface area contributed by atoms with Gasteiger partial charge in [0, 0.05) is 11.9 Å².